The van der Waals surface area contributed by atoms with E-state index in [2.05, 4.69) is 30.5 Å². The number of aromatic carboxylic acids is 1. The molecule has 0 saturated carbocycles. The molecule has 10 heavy (non-hydrogen) atoms. The summed E-state index contributed by atoms with van der Waals surface area (Å²) in [7, 11) is 0. The zero-order chi connectivity index (χ0) is 6.85. The Labute approximate surface area is 76.1 Å². The van der Waals surface area contributed by atoms with Gasteiger partial charge in [-0.25, -0.2) is 0 Å². The third-order valence-corrected chi connectivity index (χ3v) is 0.895. The summed E-state index contributed by atoms with van der Waals surface area (Å²) in [6.07, 6.45) is 0. The number of rotatable bonds is 1. The minimum atomic E-state index is -1.48. The molecule has 48 valence electrons. The van der Waals surface area contributed by atoms with E-state index >= 15 is 0 Å². The molecule has 1 heterocycles. The Morgan fingerprint density at radius 2 is 2.20 bits per heavy atom. The first-order valence-corrected chi connectivity index (χ1v) is 2.70. The number of hydrogen-bond acceptors (Lipinski definition) is 5. The fraction of sp³-hybridized carbons (Fsp3) is 0. The van der Waals surface area contributed by atoms with E-state index in [1.165, 1.54) is 0 Å². The third-order valence-electron chi connectivity index (χ3n) is 0.575. The maximum absolute atomic E-state index is 9.89. The maximum Gasteiger partial charge on any atom is 1.00 e. The van der Waals surface area contributed by atoms with E-state index in [1.807, 2.05) is 0 Å². The predicted molar refractivity (Wildman–Crippen MR) is 26.3 cm³/mol. The van der Waals surface area contributed by atoms with Crippen molar-refractivity contribution in [3.8, 4) is 0 Å². The molecule has 0 aliphatic carbocycles. The predicted octanol–water partition coefficient (Wildman–Crippen LogP) is -3.80. The van der Waals surface area contributed by atoms with Gasteiger partial charge in [-0.2, -0.15) is 0 Å². The topological polar surface area (TPSA) is 79.0 Å². The zero-order valence-electron chi connectivity index (χ0n) is 5.00. The first kappa shape index (κ1) is 9.69. The Hall–Kier alpha value is -0.313. The van der Waals surface area contributed by atoms with E-state index in [9.17, 15) is 9.90 Å². The van der Waals surface area contributed by atoms with Crippen molar-refractivity contribution in [2.24, 2.45) is 0 Å². The third kappa shape index (κ3) is 2.14. The first-order valence-electron chi connectivity index (χ1n) is 1.90. The van der Waals surface area contributed by atoms with Gasteiger partial charge in [0.05, 0.1) is 0 Å². The number of nitrogens with zero attached hydrogens (tertiary/aromatic N) is 2. The molecule has 7 heteroatoms. The van der Waals surface area contributed by atoms with Crippen molar-refractivity contribution in [3.05, 3.63) is 10.7 Å². The normalized spacial score (nSPS) is 8.50. The summed E-state index contributed by atoms with van der Waals surface area (Å²) in [5.74, 6) is -2.00. The molecule has 0 saturated heterocycles. The van der Waals surface area contributed by atoms with Crippen molar-refractivity contribution < 1.29 is 33.2 Å². The fourth-order valence-electron chi connectivity index (χ4n) is 0.288. The Balaban J connectivity index is 0.000000810. The summed E-state index contributed by atoms with van der Waals surface area (Å²) in [6.45, 7) is 0. The van der Waals surface area contributed by atoms with E-state index in [-0.39, 0.29) is 23.7 Å². The van der Waals surface area contributed by atoms with Crippen LogP contribution < -0.4 is 24.0 Å². The summed E-state index contributed by atoms with van der Waals surface area (Å²) in [6, 6.07) is 0. The van der Waals surface area contributed by atoms with Crippen LogP contribution in [0.25, 0.3) is 0 Å². The largest absolute Gasteiger partial charge is 1.00 e. The van der Waals surface area contributed by atoms with E-state index in [1.54, 1.807) is 0 Å². The molecule has 0 atom stereocenters. The number of carbonyl (C=O) groups excluding carboxylic acids is 1. The molecule has 0 bridgehead atoms. The molecule has 1 rings (SSSR count). The van der Waals surface area contributed by atoms with Crippen LogP contribution in [-0.2, 0) is 0 Å². The van der Waals surface area contributed by atoms with Gasteiger partial charge in [-0.05, 0) is 0 Å². The molecule has 0 aliphatic heterocycles. The average Bonchev–Trinajstić information content (AvgIpc) is 2.14. The molecule has 0 fully saturated rings. The van der Waals surface area contributed by atoms with Gasteiger partial charge in [-0.3, -0.25) is 0 Å². The van der Waals surface area contributed by atoms with Crippen molar-refractivity contribution in [2.75, 3.05) is 0 Å². The number of halogens is 1. The van der Waals surface area contributed by atoms with Gasteiger partial charge >= 0.3 is 18.9 Å². The molecule has 0 N–H and O–H groups in total. The summed E-state index contributed by atoms with van der Waals surface area (Å²) in [5, 5.41) is 16.2. The van der Waals surface area contributed by atoms with Gasteiger partial charge in [0, 0.05) is 15.9 Å². The number of carboxylic acid groups (broad SMARTS) is 1. The Bertz CT molecular complexity index is 237. The van der Waals surface area contributed by atoms with Crippen molar-refractivity contribution in [1.29, 1.82) is 0 Å². The van der Waals surface area contributed by atoms with Gasteiger partial charge in [-0.1, -0.05) is 0 Å². The van der Waals surface area contributed by atoms with Crippen LogP contribution in [0.1, 0.15) is 10.7 Å². The minimum absolute atomic E-state index is 0. The van der Waals surface area contributed by atoms with Gasteiger partial charge in [0.15, 0.2) is 0 Å². The Morgan fingerprint density at radius 3 is 2.40 bits per heavy atom. The molecule has 1 aromatic heterocycles. The SMILES string of the molecule is O=C([O-])c1nnc(Br)o1.[Li+]. The van der Waals surface area contributed by atoms with E-state index in [0.717, 1.165) is 0 Å². The van der Waals surface area contributed by atoms with Gasteiger partial charge in [0.2, 0.25) is 0 Å². The van der Waals surface area contributed by atoms with Crippen molar-refractivity contribution in [2.45, 2.75) is 0 Å². The maximum atomic E-state index is 9.89. The molecular weight excluding hydrogens is 199 g/mol. The molecule has 0 amide bonds. The van der Waals surface area contributed by atoms with Crippen LogP contribution in [0.3, 0.4) is 0 Å². The van der Waals surface area contributed by atoms with Crippen LogP contribution >= 0.6 is 15.9 Å². The van der Waals surface area contributed by atoms with Crippen LogP contribution in [0.2, 0.25) is 0 Å². The van der Waals surface area contributed by atoms with E-state index < -0.39 is 11.9 Å². The Kier molecular flexibility index (Phi) is 3.64. The van der Waals surface area contributed by atoms with Gasteiger partial charge in [-0.15, -0.1) is 10.2 Å². The standard InChI is InChI=1S/C3HBrN2O3.Li/c4-3-6-5-1(9-3)2(7)8;/h(H,7,8);/q;+1/p-1. The second kappa shape index (κ2) is 3.76. The van der Waals surface area contributed by atoms with Crippen molar-refractivity contribution in [1.82, 2.24) is 10.2 Å². The molecule has 0 spiro atoms. The molecule has 5 nitrogen and oxygen atoms in total. The quantitative estimate of drug-likeness (QED) is 0.433. The monoisotopic (exact) mass is 198 g/mol. The van der Waals surface area contributed by atoms with Crippen LogP contribution in [0.5, 0.6) is 0 Å². The van der Waals surface area contributed by atoms with Crippen LogP contribution in [-0.4, -0.2) is 16.2 Å². The summed E-state index contributed by atoms with van der Waals surface area (Å²) in [4.78, 5) is 9.92. The fourth-order valence-corrected chi connectivity index (χ4v) is 0.520. The number of hydrogen-bond donors (Lipinski definition) is 0. The number of carbonyl (C=O) groups is 1. The Morgan fingerprint density at radius 1 is 1.60 bits per heavy atom. The van der Waals surface area contributed by atoms with Gasteiger partial charge < -0.3 is 14.3 Å². The molecule has 0 aliphatic rings. The smallest absolute Gasteiger partial charge is 0.540 e. The van der Waals surface area contributed by atoms with Crippen LogP contribution in [0.15, 0.2) is 9.22 Å². The van der Waals surface area contributed by atoms with Gasteiger partial charge in [0.25, 0.3) is 10.7 Å². The van der Waals surface area contributed by atoms with Crippen molar-refractivity contribution >= 4 is 21.9 Å². The molecule has 0 unspecified atom stereocenters. The zero-order valence-corrected chi connectivity index (χ0v) is 6.58. The van der Waals surface area contributed by atoms with E-state index in [4.69, 9.17) is 0 Å². The van der Waals surface area contributed by atoms with Crippen molar-refractivity contribution in [3.63, 3.8) is 0 Å². The first-order chi connectivity index (χ1) is 4.20. The molecule has 0 aromatic carbocycles. The minimum Gasteiger partial charge on any atom is -0.540 e. The number of aromatic nitrogens is 2. The summed E-state index contributed by atoms with van der Waals surface area (Å²) < 4.78 is 4.38. The van der Waals surface area contributed by atoms with E-state index in [0.29, 0.717) is 0 Å². The molecule has 0 radical (unpaired) electrons. The number of carboxylic acids is 1. The molecular formula is C3BrLiN2O3. The van der Waals surface area contributed by atoms with Crippen LogP contribution in [0, 0.1) is 0 Å². The summed E-state index contributed by atoms with van der Waals surface area (Å²) >= 11 is 2.77. The second-order valence-electron chi connectivity index (χ2n) is 1.15. The summed E-state index contributed by atoms with van der Waals surface area (Å²) in [5.41, 5.74) is 0. The van der Waals surface area contributed by atoms with Gasteiger partial charge in [0.1, 0.15) is 5.97 Å². The second-order valence-corrected chi connectivity index (χ2v) is 1.83. The van der Waals surface area contributed by atoms with Crippen LogP contribution in [0.4, 0.5) is 0 Å². The molecule has 1 aromatic rings. The average molecular weight is 199 g/mol.